The number of nitrogens with one attached hydrogen (secondary N) is 2. The number of carbonyl (C=O) groups is 2. The highest BCUT2D eigenvalue weighted by Crippen LogP contribution is 2.20. The van der Waals surface area contributed by atoms with Gasteiger partial charge in [0.25, 0.3) is 5.91 Å². The molecule has 2 N–H and O–H groups in total. The first-order chi connectivity index (χ1) is 14.5. The zero-order chi connectivity index (χ0) is 21.5. The Labute approximate surface area is 177 Å². The number of piperidine rings is 1. The maximum absolute atomic E-state index is 12.8. The lowest BCUT2D eigenvalue weighted by Gasteiger charge is -2.32. The van der Waals surface area contributed by atoms with Crippen LogP contribution in [0.1, 0.15) is 42.6 Å². The van der Waals surface area contributed by atoms with Gasteiger partial charge in [0.15, 0.2) is 0 Å². The number of rotatable bonds is 7. The second kappa shape index (κ2) is 10.1. The van der Waals surface area contributed by atoms with Gasteiger partial charge in [-0.2, -0.15) is 0 Å². The average Bonchev–Trinajstić information content (AvgIpc) is 2.74. The Morgan fingerprint density at radius 1 is 1.17 bits per heavy atom. The number of hydrogen-bond acceptors (Lipinski definition) is 5. The van der Waals surface area contributed by atoms with Gasteiger partial charge in [0.05, 0.1) is 19.1 Å². The van der Waals surface area contributed by atoms with Gasteiger partial charge in [0.2, 0.25) is 5.91 Å². The van der Waals surface area contributed by atoms with Crippen molar-refractivity contribution in [1.82, 2.24) is 15.2 Å². The zero-order valence-corrected chi connectivity index (χ0v) is 17.9. The van der Waals surface area contributed by atoms with E-state index in [9.17, 15) is 9.59 Å². The standard InChI is InChI=1S/C23H30N4O3/c1-16(2)25-22-19(8-6-12-24-22)23(29)26-18-10-13-27(14-11-18)21(28)15-17-7-4-5-9-20(17)30-3/h4-9,12,16,18H,10-11,13-15H2,1-3H3,(H,24,25)(H,26,29). The van der Waals surface area contributed by atoms with Crippen LogP contribution in [0.25, 0.3) is 0 Å². The molecule has 1 aliphatic rings. The summed E-state index contributed by atoms with van der Waals surface area (Å²) >= 11 is 0. The molecule has 7 heteroatoms. The molecule has 3 rings (SSSR count). The normalized spacial score (nSPS) is 14.5. The molecule has 1 aromatic carbocycles. The van der Waals surface area contributed by atoms with E-state index in [2.05, 4.69) is 15.6 Å². The number of ether oxygens (including phenoxy) is 1. The van der Waals surface area contributed by atoms with Gasteiger partial charge in [-0.25, -0.2) is 4.98 Å². The van der Waals surface area contributed by atoms with Crippen molar-refractivity contribution in [3.05, 3.63) is 53.7 Å². The minimum absolute atomic E-state index is 0.0416. The van der Waals surface area contributed by atoms with E-state index in [-0.39, 0.29) is 23.9 Å². The van der Waals surface area contributed by atoms with Crippen LogP contribution >= 0.6 is 0 Å². The van der Waals surface area contributed by atoms with Crippen molar-refractivity contribution < 1.29 is 14.3 Å². The number of carbonyl (C=O) groups excluding carboxylic acids is 2. The molecular formula is C23H30N4O3. The van der Waals surface area contributed by atoms with Crippen LogP contribution in [0.4, 0.5) is 5.82 Å². The summed E-state index contributed by atoms with van der Waals surface area (Å²) in [5.74, 6) is 1.27. The third kappa shape index (κ3) is 5.49. The molecule has 1 saturated heterocycles. The van der Waals surface area contributed by atoms with E-state index < -0.39 is 0 Å². The summed E-state index contributed by atoms with van der Waals surface area (Å²) < 4.78 is 5.34. The lowest BCUT2D eigenvalue weighted by molar-refractivity contribution is -0.131. The number of amides is 2. The smallest absolute Gasteiger partial charge is 0.255 e. The van der Waals surface area contributed by atoms with E-state index in [1.54, 1.807) is 25.4 Å². The van der Waals surface area contributed by atoms with Crippen LogP contribution in [-0.4, -0.2) is 54.0 Å². The Bertz CT molecular complexity index is 876. The molecule has 0 atom stereocenters. The van der Waals surface area contributed by atoms with Crippen molar-refractivity contribution in [3.63, 3.8) is 0 Å². The van der Waals surface area contributed by atoms with Crippen molar-refractivity contribution >= 4 is 17.6 Å². The molecule has 0 aliphatic carbocycles. The van der Waals surface area contributed by atoms with Crippen LogP contribution in [0.2, 0.25) is 0 Å². The fourth-order valence-electron chi connectivity index (χ4n) is 3.64. The molecule has 7 nitrogen and oxygen atoms in total. The fourth-order valence-corrected chi connectivity index (χ4v) is 3.64. The summed E-state index contributed by atoms with van der Waals surface area (Å²) in [7, 11) is 1.61. The minimum atomic E-state index is -0.134. The van der Waals surface area contributed by atoms with E-state index in [4.69, 9.17) is 4.74 Å². The number of benzene rings is 1. The molecule has 1 aliphatic heterocycles. The number of nitrogens with zero attached hydrogens (tertiary/aromatic N) is 2. The summed E-state index contributed by atoms with van der Waals surface area (Å²) in [6.45, 7) is 5.27. The van der Waals surface area contributed by atoms with Crippen molar-refractivity contribution in [2.45, 2.75) is 45.2 Å². The lowest BCUT2D eigenvalue weighted by atomic mass is 10.0. The van der Waals surface area contributed by atoms with E-state index in [1.165, 1.54) is 0 Å². The van der Waals surface area contributed by atoms with Crippen LogP contribution in [0, 0.1) is 0 Å². The average molecular weight is 411 g/mol. The predicted molar refractivity (Wildman–Crippen MR) is 117 cm³/mol. The Hall–Kier alpha value is -3.09. The second-order valence-electron chi connectivity index (χ2n) is 7.82. The van der Waals surface area contributed by atoms with Gasteiger partial charge >= 0.3 is 0 Å². The van der Waals surface area contributed by atoms with E-state index in [0.29, 0.717) is 30.9 Å². The third-order valence-electron chi connectivity index (χ3n) is 5.19. The molecule has 30 heavy (non-hydrogen) atoms. The fraction of sp³-hybridized carbons (Fsp3) is 0.435. The highest BCUT2D eigenvalue weighted by Gasteiger charge is 2.25. The Morgan fingerprint density at radius 3 is 2.60 bits per heavy atom. The SMILES string of the molecule is COc1ccccc1CC(=O)N1CCC(NC(=O)c2cccnc2NC(C)C)CC1. The largest absolute Gasteiger partial charge is 0.496 e. The molecule has 1 fully saturated rings. The highest BCUT2D eigenvalue weighted by atomic mass is 16.5. The maximum atomic E-state index is 12.8. The number of likely N-dealkylation sites (tertiary alicyclic amines) is 1. The first-order valence-electron chi connectivity index (χ1n) is 10.4. The highest BCUT2D eigenvalue weighted by molar-refractivity contribution is 5.98. The van der Waals surface area contributed by atoms with Crippen molar-refractivity contribution in [3.8, 4) is 5.75 Å². The Kier molecular flexibility index (Phi) is 7.27. The molecule has 0 radical (unpaired) electrons. The van der Waals surface area contributed by atoms with Crippen molar-refractivity contribution in [2.75, 3.05) is 25.5 Å². The van der Waals surface area contributed by atoms with Crippen LogP contribution in [0.5, 0.6) is 5.75 Å². The second-order valence-corrected chi connectivity index (χ2v) is 7.82. The number of aromatic nitrogens is 1. The van der Waals surface area contributed by atoms with Gasteiger partial charge in [-0.1, -0.05) is 18.2 Å². The van der Waals surface area contributed by atoms with Gasteiger partial charge in [0.1, 0.15) is 11.6 Å². The lowest BCUT2D eigenvalue weighted by Crippen LogP contribution is -2.47. The van der Waals surface area contributed by atoms with Crippen molar-refractivity contribution in [1.29, 1.82) is 0 Å². The first-order valence-corrected chi connectivity index (χ1v) is 10.4. The van der Waals surface area contributed by atoms with Crippen LogP contribution in [-0.2, 0) is 11.2 Å². The first kappa shape index (κ1) is 21.6. The van der Waals surface area contributed by atoms with Crippen molar-refractivity contribution in [2.24, 2.45) is 0 Å². The summed E-state index contributed by atoms with van der Waals surface area (Å²) in [6.07, 6.45) is 3.46. The van der Waals surface area contributed by atoms with Gasteiger partial charge in [-0.15, -0.1) is 0 Å². The number of methoxy groups -OCH3 is 1. The summed E-state index contributed by atoms with van der Waals surface area (Å²) in [5.41, 5.74) is 1.43. The molecule has 0 saturated carbocycles. The zero-order valence-electron chi connectivity index (χ0n) is 17.9. The van der Waals surface area contributed by atoms with E-state index in [0.717, 1.165) is 24.2 Å². The van der Waals surface area contributed by atoms with Gasteiger partial charge in [-0.3, -0.25) is 9.59 Å². The molecule has 1 aromatic heterocycles. The molecule has 2 aromatic rings. The summed E-state index contributed by atoms with van der Waals surface area (Å²) in [5, 5.41) is 6.31. The van der Waals surface area contributed by atoms with Crippen LogP contribution in [0.15, 0.2) is 42.6 Å². The van der Waals surface area contributed by atoms with Gasteiger partial charge < -0.3 is 20.3 Å². The monoisotopic (exact) mass is 410 g/mol. The van der Waals surface area contributed by atoms with Crippen LogP contribution < -0.4 is 15.4 Å². The number of para-hydroxylation sites is 1. The summed E-state index contributed by atoms with van der Waals surface area (Å²) in [4.78, 5) is 31.6. The molecule has 0 bridgehead atoms. The topological polar surface area (TPSA) is 83.6 Å². The molecule has 0 unspecified atom stereocenters. The minimum Gasteiger partial charge on any atom is -0.496 e. The predicted octanol–water partition coefficient (Wildman–Crippen LogP) is 2.87. The quantitative estimate of drug-likeness (QED) is 0.733. The maximum Gasteiger partial charge on any atom is 0.255 e. The molecule has 0 spiro atoms. The molecular weight excluding hydrogens is 380 g/mol. The van der Waals surface area contributed by atoms with Gasteiger partial charge in [-0.05, 0) is 44.9 Å². The Balaban J connectivity index is 1.53. The molecule has 2 heterocycles. The molecule has 160 valence electrons. The number of pyridine rings is 1. The number of hydrogen-bond donors (Lipinski definition) is 2. The summed E-state index contributed by atoms with van der Waals surface area (Å²) in [6, 6.07) is 11.4. The molecule has 2 amide bonds. The Morgan fingerprint density at radius 2 is 1.90 bits per heavy atom. The van der Waals surface area contributed by atoms with Gasteiger partial charge in [0, 0.05) is 36.9 Å². The third-order valence-corrected chi connectivity index (χ3v) is 5.19. The van der Waals surface area contributed by atoms with E-state index in [1.807, 2.05) is 43.0 Å². The number of anilines is 1. The van der Waals surface area contributed by atoms with Crippen LogP contribution in [0.3, 0.4) is 0 Å². The van der Waals surface area contributed by atoms with E-state index >= 15 is 0 Å².